The van der Waals surface area contributed by atoms with E-state index in [9.17, 15) is 13.6 Å². The van der Waals surface area contributed by atoms with Gasteiger partial charge in [0.15, 0.2) is 5.69 Å². The van der Waals surface area contributed by atoms with Crippen molar-refractivity contribution >= 4 is 5.91 Å². The average Bonchev–Trinajstić information content (AvgIpc) is 3.06. The summed E-state index contributed by atoms with van der Waals surface area (Å²) in [5.74, 6) is -1.05. The van der Waals surface area contributed by atoms with E-state index in [0.29, 0.717) is 19.0 Å². The van der Waals surface area contributed by atoms with Crippen LogP contribution >= 0.6 is 0 Å². The molecular formula is C22H22F2N4O. The minimum atomic E-state index is -0.646. The molecule has 0 bridgehead atoms. The third-order valence-corrected chi connectivity index (χ3v) is 5.43. The van der Waals surface area contributed by atoms with Crippen molar-refractivity contribution in [3.63, 3.8) is 0 Å². The van der Waals surface area contributed by atoms with Gasteiger partial charge in [-0.1, -0.05) is 41.6 Å². The molecule has 1 aliphatic rings. The summed E-state index contributed by atoms with van der Waals surface area (Å²) in [7, 11) is 0. The van der Waals surface area contributed by atoms with Crippen molar-refractivity contribution in [1.29, 1.82) is 0 Å². The van der Waals surface area contributed by atoms with Gasteiger partial charge in [0.25, 0.3) is 5.91 Å². The van der Waals surface area contributed by atoms with Gasteiger partial charge in [0.05, 0.1) is 12.7 Å². The van der Waals surface area contributed by atoms with Crippen LogP contribution in [0.3, 0.4) is 0 Å². The zero-order valence-electron chi connectivity index (χ0n) is 16.0. The number of rotatable bonds is 4. The lowest BCUT2D eigenvalue weighted by molar-refractivity contribution is 0.0755. The molecule has 1 unspecified atom stereocenters. The first-order valence-corrected chi connectivity index (χ1v) is 9.79. The second-order valence-corrected chi connectivity index (χ2v) is 7.33. The number of amides is 1. The monoisotopic (exact) mass is 396 g/mol. The number of halogens is 2. The van der Waals surface area contributed by atoms with Gasteiger partial charge in [-0.2, -0.15) is 0 Å². The van der Waals surface area contributed by atoms with E-state index in [-0.39, 0.29) is 23.7 Å². The van der Waals surface area contributed by atoms with Crippen molar-refractivity contribution in [3.8, 4) is 0 Å². The summed E-state index contributed by atoms with van der Waals surface area (Å²) in [5, 5.41) is 7.81. The second-order valence-electron chi connectivity index (χ2n) is 7.33. The largest absolute Gasteiger partial charge is 0.337 e. The van der Waals surface area contributed by atoms with Gasteiger partial charge in [-0.15, -0.1) is 5.10 Å². The lowest BCUT2D eigenvalue weighted by Crippen LogP contribution is -2.32. The van der Waals surface area contributed by atoms with E-state index in [1.807, 2.05) is 18.2 Å². The van der Waals surface area contributed by atoms with Crippen molar-refractivity contribution in [2.75, 3.05) is 13.1 Å². The van der Waals surface area contributed by atoms with E-state index >= 15 is 0 Å². The number of hydrogen-bond donors (Lipinski definition) is 0. The summed E-state index contributed by atoms with van der Waals surface area (Å²) in [6.45, 7) is 1.19. The summed E-state index contributed by atoms with van der Waals surface area (Å²) in [4.78, 5) is 14.6. The first-order valence-electron chi connectivity index (χ1n) is 9.79. The van der Waals surface area contributed by atoms with Gasteiger partial charge in [-0.3, -0.25) is 4.79 Å². The smallest absolute Gasteiger partial charge is 0.276 e. The van der Waals surface area contributed by atoms with Crippen molar-refractivity contribution in [3.05, 3.63) is 83.2 Å². The SMILES string of the molecule is O=C(c1cn(Cc2c(F)cccc2F)nn1)N1CCCC(c2ccccc2)CC1. The van der Waals surface area contributed by atoms with E-state index in [0.717, 1.165) is 19.3 Å². The maximum absolute atomic E-state index is 13.8. The number of hydrogen-bond acceptors (Lipinski definition) is 3. The van der Waals surface area contributed by atoms with Crippen molar-refractivity contribution in [2.24, 2.45) is 0 Å². The predicted octanol–water partition coefficient (Wildman–Crippen LogP) is 4.01. The maximum Gasteiger partial charge on any atom is 0.276 e. The van der Waals surface area contributed by atoms with Crippen LogP contribution in [-0.2, 0) is 6.54 Å². The molecule has 4 rings (SSSR count). The van der Waals surface area contributed by atoms with E-state index in [2.05, 4.69) is 22.4 Å². The molecule has 1 saturated heterocycles. The molecule has 0 aliphatic carbocycles. The quantitative estimate of drug-likeness (QED) is 0.669. The Morgan fingerprint density at radius 3 is 2.52 bits per heavy atom. The zero-order chi connectivity index (χ0) is 20.2. The molecule has 2 aromatic carbocycles. The molecule has 2 heterocycles. The highest BCUT2D eigenvalue weighted by Crippen LogP contribution is 2.28. The molecular weight excluding hydrogens is 374 g/mol. The number of likely N-dealkylation sites (tertiary alicyclic amines) is 1. The number of benzene rings is 2. The molecule has 1 atom stereocenters. The predicted molar refractivity (Wildman–Crippen MR) is 104 cm³/mol. The Bertz CT molecular complexity index is 969. The molecule has 0 spiro atoms. The fourth-order valence-electron chi connectivity index (χ4n) is 3.84. The van der Waals surface area contributed by atoms with Crippen LogP contribution in [0.2, 0.25) is 0 Å². The number of aromatic nitrogens is 3. The van der Waals surface area contributed by atoms with Gasteiger partial charge in [-0.25, -0.2) is 13.5 Å². The van der Waals surface area contributed by atoms with Crippen LogP contribution in [0.5, 0.6) is 0 Å². The Kier molecular flexibility index (Phi) is 5.64. The van der Waals surface area contributed by atoms with Gasteiger partial charge in [0.1, 0.15) is 11.6 Å². The fraction of sp³-hybridized carbons (Fsp3) is 0.318. The molecule has 0 N–H and O–H groups in total. The lowest BCUT2D eigenvalue weighted by atomic mass is 9.92. The summed E-state index contributed by atoms with van der Waals surface area (Å²) in [6.07, 6.45) is 4.30. The highest BCUT2D eigenvalue weighted by Gasteiger charge is 2.24. The normalized spacial score (nSPS) is 17.2. The first-order chi connectivity index (χ1) is 14.1. The molecule has 1 aliphatic heterocycles. The van der Waals surface area contributed by atoms with Gasteiger partial charge >= 0.3 is 0 Å². The maximum atomic E-state index is 13.8. The number of nitrogens with zero attached hydrogens (tertiary/aromatic N) is 4. The Labute approximate surface area is 168 Å². The average molecular weight is 396 g/mol. The highest BCUT2D eigenvalue weighted by molar-refractivity contribution is 5.91. The summed E-state index contributed by atoms with van der Waals surface area (Å²) in [5.41, 5.74) is 1.40. The zero-order valence-corrected chi connectivity index (χ0v) is 16.0. The van der Waals surface area contributed by atoms with Crippen LogP contribution in [0, 0.1) is 11.6 Å². The molecule has 150 valence electrons. The minimum absolute atomic E-state index is 0.100. The van der Waals surface area contributed by atoms with Crippen molar-refractivity contribution in [2.45, 2.75) is 31.7 Å². The van der Waals surface area contributed by atoms with Gasteiger partial charge in [-0.05, 0) is 42.9 Å². The Morgan fingerprint density at radius 2 is 1.76 bits per heavy atom. The first kappa shape index (κ1) is 19.2. The van der Waals surface area contributed by atoms with Gasteiger partial charge in [0, 0.05) is 18.7 Å². The molecule has 1 aromatic heterocycles. The Hall–Kier alpha value is -3.09. The third kappa shape index (κ3) is 4.34. The summed E-state index contributed by atoms with van der Waals surface area (Å²) < 4.78 is 29.0. The van der Waals surface area contributed by atoms with Crippen LogP contribution < -0.4 is 0 Å². The Morgan fingerprint density at radius 1 is 1.00 bits per heavy atom. The van der Waals surface area contributed by atoms with Crippen LogP contribution in [0.25, 0.3) is 0 Å². The van der Waals surface area contributed by atoms with Crippen molar-refractivity contribution in [1.82, 2.24) is 19.9 Å². The fourth-order valence-corrected chi connectivity index (χ4v) is 3.84. The topological polar surface area (TPSA) is 51.0 Å². The molecule has 29 heavy (non-hydrogen) atoms. The Balaban J connectivity index is 1.42. The van der Waals surface area contributed by atoms with Gasteiger partial charge in [0.2, 0.25) is 0 Å². The summed E-state index contributed by atoms with van der Waals surface area (Å²) >= 11 is 0. The summed E-state index contributed by atoms with van der Waals surface area (Å²) in [6, 6.07) is 14.1. The van der Waals surface area contributed by atoms with Crippen LogP contribution in [0.1, 0.15) is 46.8 Å². The highest BCUT2D eigenvalue weighted by atomic mass is 19.1. The van der Waals surface area contributed by atoms with Crippen molar-refractivity contribution < 1.29 is 13.6 Å². The molecule has 0 saturated carbocycles. The van der Waals surface area contributed by atoms with E-state index in [1.54, 1.807) is 4.90 Å². The minimum Gasteiger partial charge on any atom is -0.337 e. The molecule has 7 heteroatoms. The molecule has 1 fully saturated rings. The molecule has 3 aromatic rings. The van der Waals surface area contributed by atoms with E-state index < -0.39 is 11.6 Å². The van der Waals surface area contributed by atoms with E-state index in [1.165, 1.54) is 34.6 Å². The van der Waals surface area contributed by atoms with Gasteiger partial charge < -0.3 is 4.90 Å². The number of carbonyl (C=O) groups excluding carboxylic acids is 1. The van der Waals surface area contributed by atoms with Crippen LogP contribution in [0.4, 0.5) is 8.78 Å². The van der Waals surface area contributed by atoms with E-state index in [4.69, 9.17) is 0 Å². The molecule has 5 nitrogen and oxygen atoms in total. The third-order valence-electron chi connectivity index (χ3n) is 5.43. The second kappa shape index (κ2) is 8.51. The molecule has 1 amide bonds. The lowest BCUT2D eigenvalue weighted by Gasteiger charge is -2.19. The van der Waals surface area contributed by atoms with Crippen LogP contribution in [0.15, 0.2) is 54.7 Å². The molecule has 0 radical (unpaired) electrons. The van der Waals surface area contributed by atoms with Crippen LogP contribution in [-0.4, -0.2) is 38.9 Å². The standard InChI is InChI=1S/C22H22F2N4O/c23-19-9-4-10-20(24)18(19)14-28-15-21(25-26-28)22(29)27-12-5-8-17(11-13-27)16-6-2-1-3-7-16/h1-4,6-7,9-10,15,17H,5,8,11-14H2. The number of carbonyl (C=O) groups is 1.